The van der Waals surface area contributed by atoms with Crippen molar-refractivity contribution in [2.45, 2.75) is 45.1 Å². The Balaban J connectivity index is 1.71. The van der Waals surface area contributed by atoms with Crippen molar-refractivity contribution in [3.05, 3.63) is 63.6 Å². The Bertz CT molecular complexity index is 1410. The van der Waals surface area contributed by atoms with Crippen LogP contribution in [0.1, 0.15) is 37.3 Å². The van der Waals surface area contributed by atoms with Gasteiger partial charge in [-0.2, -0.15) is 4.57 Å². The Morgan fingerprint density at radius 2 is 2.00 bits per heavy atom. The number of benzene rings is 2. The summed E-state index contributed by atoms with van der Waals surface area (Å²) in [7, 11) is -2.55. The van der Waals surface area contributed by atoms with E-state index in [0.29, 0.717) is 6.54 Å². The van der Waals surface area contributed by atoms with Gasteiger partial charge in [-0.05, 0) is 55.7 Å². The molecule has 0 spiro atoms. The topological polar surface area (TPSA) is 73.5 Å². The molecule has 3 aromatic rings. The lowest BCUT2D eigenvalue weighted by atomic mass is 10.2. The van der Waals surface area contributed by atoms with E-state index in [1.807, 2.05) is 13.0 Å². The Morgan fingerprint density at radius 1 is 1.20 bits per heavy atom. The van der Waals surface area contributed by atoms with Crippen molar-refractivity contribution in [1.82, 2.24) is 0 Å². The van der Waals surface area contributed by atoms with E-state index in [1.165, 1.54) is 15.5 Å². The maximum Gasteiger partial charge on any atom is 0.263 e. The molecule has 1 aromatic heterocycles. The molecule has 0 aliphatic carbocycles. The molecule has 1 aliphatic rings. The number of ether oxygens (including phenoxy) is 1. The molecule has 186 valence electrons. The second-order valence-corrected chi connectivity index (χ2v) is 12.1. The molecule has 1 aliphatic heterocycles. The minimum absolute atomic E-state index is 0.288. The second-order valence-electron chi connectivity index (χ2n) is 8.41. The molecule has 2 aromatic carbocycles. The summed E-state index contributed by atoms with van der Waals surface area (Å²) in [4.78, 5) is 3.51. The van der Waals surface area contributed by atoms with Crippen LogP contribution in [0.15, 0.2) is 58.0 Å². The van der Waals surface area contributed by atoms with Gasteiger partial charge in [-0.15, -0.1) is 0 Å². The van der Waals surface area contributed by atoms with Crippen LogP contribution in [0.4, 0.5) is 5.69 Å². The highest BCUT2D eigenvalue weighted by atomic mass is 32.2. The number of anilines is 1. The maximum absolute atomic E-state index is 11.2. The lowest BCUT2D eigenvalue weighted by Gasteiger charge is -2.18. The summed E-state index contributed by atoms with van der Waals surface area (Å²) in [5.41, 5.74) is 4.55. The summed E-state index contributed by atoms with van der Waals surface area (Å²) >= 11 is 3.44. The van der Waals surface area contributed by atoms with Crippen LogP contribution in [-0.2, 0) is 16.7 Å². The first-order chi connectivity index (χ1) is 16.7. The molecule has 0 fully saturated rings. The van der Waals surface area contributed by atoms with E-state index in [2.05, 4.69) is 65.8 Å². The number of fused-ring (bicyclic) bond motifs is 2. The molecule has 6 nitrogen and oxygen atoms in total. The number of aryl methyl sites for hydroxylation is 2. The zero-order valence-electron chi connectivity index (χ0n) is 20.4. The third-order valence-electron chi connectivity index (χ3n) is 5.94. The fourth-order valence-electron chi connectivity index (χ4n) is 4.15. The van der Waals surface area contributed by atoms with E-state index in [-0.39, 0.29) is 12.2 Å². The van der Waals surface area contributed by atoms with Crippen LogP contribution >= 0.6 is 23.1 Å². The van der Waals surface area contributed by atoms with Crippen molar-refractivity contribution in [2.24, 2.45) is 0 Å². The number of hydrogen-bond donors (Lipinski definition) is 0. The highest BCUT2D eigenvalue weighted by Crippen LogP contribution is 2.47. The molecule has 0 saturated heterocycles. The summed E-state index contributed by atoms with van der Waals surface area (Å²) in [5.74, 6) is 0.484. The van der Waals surface area contributed by atoms with Gasteiger partial charge in [-0.1, -0.05) is 36.1 Å². The summed E-state index contributed by atoms with van der Waals surface area (Å²) in [5, 5.41) is 2.22. The van der Waals surface area contributed by atoms with Gasteiger partial charge < -0.3 is 14.2 Å². The van der Waals surface area contributed by atoms with E-state index in [9.17, 15) is 13.0 Å². The van der Waals surface area contributed by atoms with Gasteiger partial charge in [0, 0.05) is 41.8 Å². The minimum Gasteiger partial charge on any atom is -0.748 e. The molecule has 0 N–H and O–H groups in total. The van der Waals surface area contributed by atoms with Crippen molar-refractivity contribution in [2.75, 3.05) is 24.3 Å². The number of hydrogen-bond acceptors (Lipinski definition) is 7. The van der Waals surface area contributed by atoms with Gasteiger partial charge >= 0.3 is 0 Å². The smallest absolute Gasteiger partial charge is 0.263 e. The number of thioether (sulfide) groups is 1. The molecule has 0 amide bonds. The number of rotatable bonds is 9. The highest BCUT2D eigenvalue weighted by Gasteiger charge is 2.25. The Hall–Kier alpha value is -2.33. The fourth-order valence-corrected chi connectivity index (χ4v) is 6.96. The zero-order chi connectivity index (χ0) is 25.2. The molecule has 0 unspecified atom stereocenters. The lowest BCUT2D eigenvalue weighted by Crippen LogP contribution is -2.36. The molecular weight excluding hydrogens is 500 g/mol. The lowest BCUT2D eigenvalue weighted by molar-refractivity contribution is -0.668. The number of nitrogens with zero attached hydrogens (tertiary/aromatic N) is 2. The van der Waals surface area contributed by atoms with Gasteiger partial charge in [0.2, 0.25) is 5.52 Å². The third-order valence-corrected chi connectivity index (χ3v) is 8.96. The van der Waals surface area contributed by atoms with Gasteiger partial charge in [-0.25, -0.2) is 8.42 Å². The number of aromatic nitrogens is 1. The highest BCUT2D eigenvalue weighted by molar-refractivity contribution is 8.03. The molecule has 0 radical (unpaired) electrons. The van der Waals surface area contributed by atoms with E-state index in [1.54, 1.807) is 30.2 Å². The summed E-state index contributed by atoms with van der Waals surface area (Å²) in [6, 6.07) is 12.5. The minimum atomic E-state index is -4.24. The van der Waals surface area contributed by atoms with Crippen LogP contribution in [0.2, 0.25) is 0 Å². The second kappa shape index (κ2) is 10.7. The van der Waals surface area contributed by atoms with Crippen LogP contribution in [0.5, 0.6) is 5.75 Å². The molecule has 0 bridgehead atoms. The third kappa shape index (κ3) is 5.91. The average molecular weight is 531 g/mol. The largest absolute Gasteiger partial charge is 0.748 e. The predicted octanol–water partition coefficient (Wildman–Crippen LogP) is 5.71. The van der Waals surface area contributed by atoms with Gasteiger partial charge in [0.1, 0.15) is 10.4 Å². The van der Waals surface area contributed by atoms with Crippen LogP contribution in [0, 0.1) is 6.92 Å². The van der Waals surface area contributed by atoms with Crippen molar-refractivity contribution < 1.29 is 22.3 Å². The molecule has 9 heteroatoms. The van der Waals surface area contributed by atoms with Crippen LogP contribution < -0.4 is 14.2 Å². The quantitative estimate of drug-likeness (QED) is 0.261. The van der Waals surface area contributed by atoms with Gasteiger partial charge in [0.15, 0.2) is 6.54 Å². The molecule has 4 rings (SSSR count). The van der Waals surface area contributed by atoms with Crippen molar-refractivity contribution in [1.29, 1.82) is 0 Å². The monoisotopic (exact) mass is 530 g/mol. The van der Waals surface area contributed by atoms with Crippen LogP contribution in [0.3, 0.4) is 0 Å². The SMILES string of the molecule is CCC(=C/c1sc2ccc(C)cc2[n+]1CCCS(=O)(=O)[O-])/C=C1/Sc2ccc(OC)cc2N1CC. The zero-order valence-corrected chi connectivity index (χ0v) is 22.9. The van der Waals surface area contributed by atoms with Crippen molar-refractivity contribution in [3.8, 4) is 5.75 Å². The fraction of sp³-hybridized carbons (Fsp3) is 0.346. The standard InChI is InChI=1S/C26H30N2O4S3/c1-5-19(15-25-27(6-2)22-17-20(32-4)9-11-24(22)33-25)16-26-28(12-7-13-35(29,30)31)21-14-18(3)8-10-23(21)34-26/h8-11,14-17H,5-7,12-13H2,1-4H3. The first kappa shape index (κ1) is 25.8. The summed E-state index contributed by atoms with van der Waals surface area (Å²) in [6.45, 7) is 7.66. The normalized spacial score (nSPS) is 15.3. The molecule has 2 heterocycles. The van der Waals surface area contributed by atoms with Gasteiger partial charge in [-0.3, -0.25) is 0 Å². The van der Waals surface area contributed by atoms with E-state index in [4.69, 9.17) is 4.74 Å². The summed E-state index contributed by atoms with van der Waals surface area (Å²) < 4.78 is 42.2. The maximum atomic E-state index is 11.2. The Morgan fingerprint density at radius 3 is 2.69 bits per heavy atom. The number of allylic oxidation sites excluding steroid dienone is 2. The Kier molecular flexibility index (Phi) is 7.90. The first-order valence-electron chi connectivity index (χ1n) is 11.6. The van der Waals surface area contributed by atoms with Crippen LogP contribution in [-0.4, -0.2) is 32.4 Å². The number of methoxy groups -OCH3 is 1. The molecule has 35 heavy (non-hydrogen) atoms. The Labute approximate surface area is 215 Å². The van der Waals surface area contributed by atoms with Gasteiger partial charge in [0.25, 0.3) is 5.01 Å². The molecule has 0 atom stereocenters. The van der Waals surface area contributed by atoms with Gasteiger partial charge in [0.05, 0.1) is 27.9 Å². The average Bonchev–Trinajstić information content (AvgIpc) is 3.33. The van der Waals surface area contributed by atoms with E-state index in [0.717, 1.165) is 45.2 Å². The molecular formula is C26H30N2O4S3. The van der Waals surface area contributed by atoms with E-state index >= 15 is 0 Å². The molecule has 0 saturated carbocycles. The van der Waals surface area contributed by atoms with E-state index < -0.39 is 10.1 Å². The first-order valence-corrected chi connectivity index (χ1v) is 14.9. The van der Waals surface area contributed by atoms with Crippen molar-refractivity contribution in [3.63, 3.8) is 0 Å². The van der Waals surface area contributed by atoms with Crippen molar-refractivity contribution >= 4 is 55.2 Å². The predicted molar refractivity (Wildman–Crippen MR) is 144 cm³/mol. The number of thiazole rings is 1. The summed E-state index contributed by atoms with van der Waals surface area (Å²) in [6.07, 6.45) is 5.57. The van der Waals surface area contributed by atoms with Crippen LogP contribution in [0.25, 0.3) is 16.3 Å².